The third-order valence-electron chi connectivity index (χ3n) is 2.25. The van der Waals surface area contributed by atoms with Crippen LogP contribution < -0.4 is 0 Å². The van der Waals surface area contributed by atoms with E-state index in [-0.39, 0.29) is 0 Å². The van der Waals surface area contributed by atoms with Gasteiger partial charge in [0, 0.05) is 15.9 Å². The van der Waals surface area contributed by atoms with Crippen molar-refractivity contribution < 1.29 is 4.79 Å². The number of carbonyl (C=O) groups excluding carboxylic acids is 1. The Bertz CT molecular complexity index is 155. The molecule has 1 atom stereocenters. The molecule has 0 saturated carbocycles. The lowest BCUT2D eigenvalue weighted by atomic mass is 10.1. The first-order valence-electron chi connectivity index (χ1n) is 5.38. The Kier molecular flexibility index (Phi) is 9.38. The molecule has 0 bridgehead atoms. The normalized spacial score (nSPS) is 12.4. The summed E-state index contributed by atoms with van der Waals surface area (Å²) in [5.74, 6) is 0. The first-order valence-corrected chi connectivity index (χ1v) is 6.53. The van der Waals surface area contributed by atoms with E-state index in [1.54, 1.807) is 6.08 Å². The van der Waals surface area contributed by atoms with Crippen LogP contribution in [0.4, 0.5) is 0 Å². The summed E-state index contributed by atoms with van der Waals surface area (Å²) in [6.07, 6.45) is 10.6. The Morgan fingerprint density at radius 2 is 1.85 bits per heavy atom. The van der Waals surface area contributed by atoms with Gasteiger partial charge in [0.15, 0.2) is 0 Å². The molecular formula is C10H21NOSi. The summed E-state index contributed by atoms with van der Waals surface area (Å²) in [7, 11) is 0.990. The molecule has 0 radical (unpaired) electrons. The van der Waals surface area contributed by atoms with Crippen LogP contribution in [0.15, 0.2) is 4.99 Å². The highest BCUT2D eigenvalue weighted by Crippen LogP contribution is 2.08. The van der Waals surface area contributed by atoms with E-state index in [0.29, 0.717) is 5.67 Å². The van der Waals surface area contributed by atoms with Crippen molar-refractivity contribution in [1.29, 1.82) is 0 Å². The van der Waals surface area contributed by atoms with Gasteiger partial charge in [-0.05, 0) is 6.42 Å². The highest BCUT2D eigenvalue weighted by Gasteiger charge is 1.97. The molecule has 0 aromatic carbocycles. The molecule has 0 aromatic heterocycles. The van der Waals surface area contributed by atoms with Gasteiger partial charge in [0.05, 0.1) is 0 Å². The number of aliphatic imine (C=N–C) groups is 1. The summed E-state index contributed by atoms with van der Waals surface area (Å²) in [5.41, 5.74) is 0.309. The molecule has 0 saturated heterocycles. The molecule has 0 rings (SSSR count). The van der Waals surface area contributed by atoms with Gasteiger partial charge in [-0.3, -0.25) is 0 Å². The molecule has 0 amide bonds. The zero-order valence-electron chi connectivity index (χ0n) is 8.88. The van der Waals surface area contributed by atoms with Crippen molar-refractivity contribution in [3.8, 4) is 0 Å². The maximum Gasteiger partial charge on any atom is 0.234 e. The first kappa shape index (κ1) is 12.6. The smallest absolute Gasteiger partial charge is 0.211 e. The van der Waals surface area contributed by atoms with Gasteiger partial charge in [-0.2, -0.15) is 0 Å². The van der Waals surface area contributed by atoms with Crippen LogP contribution in [-0.2, 0) is 4.79 Å². The molecular weight excluding hydrogens is 178 g/mol. The second-order valence-electron chi connectivity index (χ2n) is 3.63. The van der Waals surface area contributed by atoms with Crippen LogP contribution in [0.2, 0.25) is 0 Å². The SMILES string of the molecule is CCCCCCCCC([SiH3])N=C=O. The predicted octanol–water partition coefficient (Wildman–Crippen LogP) is 1.76. The van der Waals surface area contributed by atoms with Crippen LogP contribution in [0, 0.1) is 0 Å². The molecule has 0 heterocycles. The van der Waals surface area contributed by atoms with E-state index in [4.69, 9.17) is 0 Å². The molecule has 13 heavy (non-hydrogen) atoms. The van der Waals surface area contributed by atoms with E-state index in [1.165, 1.54) is 38.5 Å². The van der Waals surface area contributed by atoms with Crippen molar-refractivity contribution in [2.75, 3.05) is 0 Å². The minimum absolute atomic E-state index is 0.309. The summed E-state index contributed by atoms with van der Waals surface area (Å²) in [5, 5.41) is 0. The molecule has 2 nitrogen and oxygen atoms in total. The largest absolute Gasteiger partial charge is 0.234 e. The van der Waals surface area contributed by atoms with E-state index < -0.39 is 0 Å². The summed E-state index contributed by atoms with van der Waals surface area (Å²) >= 11 is 0. The highest BCUT2D eigenvalue weighted by molar-refractivity contribution is 6.12. The molecule has 1 unspecified atom stereocenters. The van der Waals surface area contributed by atoms with Crippen LogP contribution in [-0.4, -0.2) is 22.0 Å². The van der Waals surface area contributed by atoms with Gasteiger partial charge in [0.1, 0.15) is 0 Å². The summed E-state index contributed by atoms with van der Waals surface area (Å²) in [6.45, 7) is 2.23. The molecule has 0 aromatic rings. The molecule has 3 heteroatoms. The molecule has 0 aliphatic heterocycles. The topological polar surface area (TPSA) is 29.4 Å². The first-order chi connectivity index (χ1) is 6.31. The van der Waals surface area contributed by atoms with Crippen molar-refractivity contribution in [2.45, 2.75) is 57.5 Å². The van der Waals surface area contributed by atoms with Crippen LogP contribution >= 0.6 is 0 Å². The zero-order valence-corrected chi connectivity index (χ0v) is 10.9. The van der Waals surface area contributed by atoms with Gasteiger partial charge in [-0.15, -0.1) is 0 Å². The van der Waals surface area contributed by atoms with Crippen LogP contribution in [0.5, 0.6) is 0 Å². The fourth-order valence-corrected chi connectivity index (χ4v) is 1.89. The van der Waals surface area contributed by atoms with Crippen molar-refractivity contribution in [2.24, 2.45) is 4.99 Å². The zero-order chi connectivity index (χ0) is 9.94. The summed E-state index contributed by atoms with van der Waals surface area (Å²) in [4.78, 5) is 13.6. The molecule has 0 aliphatic rings. The Hall–Kier alpha value is -0.403. The second kappa shape index (κ2) is 9.68. The fraction of sp³-hybridized carbons (Fsp3) is 0.900. The second-order valence-corrected chi connectivity index (χ2v) is 4.96. The molecule has 0 spiro atoms. The lowest BCUT2D eigenvalue weighted by Crippen LogP contribution is -2.02. The van der Waals surface area contributed by atoms with E-state index in [2.05, 4.69) is 11.9 Å². The maximum absolute atomic E-state index is 9.92. The maximum atomic E-state index is 9.92. The number of unbranched alkanes of at least 4 members (excludes halogenated alkanes) is 5. The molecule has 0 aliphatic carbocycles. The Balaban J connectivity index is 3.11. The minimum Gasteiger partial charge on any atom is -0.211 e. The van der Waals surface area contributed by atoms with Crippen LogP contribution in [0.3, 0.4) is 0 Å². The number of nitrogens with zero attached hydrogens (tertiary/aromatic N) is 1. The van der Waals surface area contributed by atoms with Crippen molar-refractivity contribution >= 4 is 16.3 Å². The fourth-order valence-electron chi connectivity index (χ4n) is 1.37. The third kappa shape index (κ3) is 9.51. The van der Waals surface area contributed by atoms with Crippen molar-refractivity contribution in [3.05, 3.63) is 0 Å². The van der Waals surface area contributed by atoms with Gasteiger partial charge in [-0.25, -0.2) is 9.79 Å². The van der Waals surface area contributed by atoms with Gasteiger partial charge in [-0.1, -0.05) is 45.4 Å². The van der Waals surface area contributed by atoms with Crippen molar-refractivity contribution in [1.82, 2.24) is 0 Å². The summed E-state index contributed by atoms with van der Waals surface area (Å²) in [6, 6.07) is 0. The average molecular weight is 199 g/mol. The Labute approximate surface area is 84.3 Å². The minimum atomic E-state index is 0.309. The van der Waals surface area contributed by atoms with E-state index >= 15 is 0 Å². The predicted molar refractivity (Wildman–Crippen MR) is 59.8 cm³/mol. The van der Waals surface area contributed by atoms with Crippen LogP contribution in [0.25, 0.3) is 0 Å². The van der Waals surface area contributed by atoms with E-state index in [1.807, 2.05) is 0 Å². The number of hydrogen-bond donors (Lipinski definition) is 0. The number of isocyanates is 1. The van der Waals surface area contributed by atoms with E-state index in [0.717, 1.165) is 16.7 Å². The standard InChI is InChI=1S/C10H21NOSi/c1-2-3-4-5-6-7-8-10(13)11-9-12/h10H,2-8H2,1,13H3. The summed E-state index contributed by atoms with van der Waals surface area (Å²) < 4.78 is 0. The third-order valence-corrected chi connectivity index (χ3v) is 3.08. The lowest BCUT2D eigenvalue weighted by molar-refractivity contribution is 0.555. The van der Waals surface area contributed by atoms with Gasteiger partial charge >= 0.3 is 0 Å². The molecule has 0 fully saturated rings. The lowest BCUT2D eigenvalue weighted by Gasteiger charge is -2.03. The monoisotopic (exact) mass is 199 g/mol. The Morgan fingerprint density at radius 1 is 1.23 bits per heavy atom. The van der Waals surface area contributed by atoms with Crippen LogP contribution in [0.1, 0.15) is 51.9 Å². The highest BCUT2D eigenvalue weighted by atomic mass is 28.1. The van der Waals surface area contributed by atoms with E-state index in [9.17, 15) is 4.79 Å². The molecule has 0 N–H and O–H groups in total. The van der Waals surface area contributed by atoms with Gasteiger partial charge in [0.25, 0.3) is 0 Å². The quantitative estimate of drug-likeness (QED) is 0.253. The number of hydrogen-bond acceptors (Lipinski definition) is 2. The number of rotatable bonds is 8. The molecule has 76 valence electrons. The average Bonchev–Trinajstić information content (AvgIpc) is 2.11. The Morgan fingerprint density at radius 3 is 2.46 bits per heavy atom. The van der Waals surface area contributed by atoms with Gasteiger partial charge in [0.2, 0.25) is 6.08 Å². The van der Waals surface area contributed by atoms with Crippen molar-refractivity contribution in [3.63, 3.8) is 0 Å². The van der Waals surface area contributed by atoms with Gasteiger partial charge < -0.3 is 0 Å².